The SMILES string of the molecule is O=C(CN1CCN(Cc2ccc(Cl)s2)CC1)NCc1ccc(C(=O)N2CCCC2)cc1. The Balaban J connectivity index is 1.16. The van der Waals surface area contributed by atoms with Crippen LogP contribution >= 0.6 is 22.9 Å². The Hall–Kier alpha value is -1.93. The molecule has 0 radical (unpaired) electrons. The lowest BCUT2D eigenvalue weighted by atomic mass is 10.1. The fourth-order valence-electron chi connectivity index (χ4n) is 4.09. The number of nitrogens with zero attached hydrogens (tertiary/aromatic N) is 3. The molecule has 1 aromatic carbocycles. The fourth-order valence-corrected chi connectivity index (χ4v) is 5.22. The maximum absolute atomic E-state index is 12.4. The molecule has 0 saturated carbocycles. The Morgan fingerprint density at radius 3 is 2.23 bits per heavy atom. The minimum Gasteiger partial charge on any atom is -0.351 e. The normalized spacial score (nSPS) is 17.8. The van der Waals surface area contributed by atoms with E-state index in [4.69, 9.17) is 11.6 Å². The summed E-state index contributed by atoms with van der Waals surface area (Å²) < 4.78 is 0.832. The van der Waals surface area contributed by atoms with Crippen molar-refractivity contribution in [3.63, 3.8) is 0 Å². The molecule has 0 unspecified atom stereocenters. The average Bonchev–Trinajstić information content (AvgIpc) is 3.46. The van der Waals surface area contributed by atoms with Crippen molar-refractivity contribution in [1.82, 2.24) is 20.0 Å². The molecule has 2 aromatic rings. The molecule has 31 heavy (non-hydrogen) atoms. The van der Waals surface area contributed by atoms with Crippen molar-refractivity contribution in [3.8, 4) is 0 Å². The molecule has 0 aliphatic carbocycles. The smallest absolute Gasteiger partial charge is 0.253 e. The Morgan fingerprint density at radius 1 is 0.903 bits per heavy atom. The second-order valence-electron chi connectivity index (χ2n) is 8.23. The average molecular weight is 461 g/mol. The van der Waals surface area contributed by atoms with Crippen LogP contribution in [-0.2, 0) is 17.9 Å². The molecule has 6 nitrogen and oxygen atoms in total. The molecule has 1 aromatic heterocycles. The maximum atomic E-state index is 12.4. The number of hydrogen-bond acceptors (Lipinski definition) is 5. The Labute approximate surface area is 192 Å². The molecule has 2 saturated heterocycles. The lowest BCUT2D eigenvalue weighted by Gasteiger charge is -2.34. The molecule has 2 aliphatic heterocycles. The number of amides is 2. The molecule has 8 heteroatoms. The summed E-state index contributed by atoms with van der Waals surface area (Å²) in [6.45, 7) is 7.22. The van der Waals surface area contributed by atoms with Crippen molar-refractivity contribution in [1.29, 1.82) is 0 Å². The van der Waals surface area contributed by atoms with Gasteiger partial charge in [-0.15, -0.1) is 11.3 Å². The van der Waals surface area contributed by atoms with E-state index < -0.39 is 0 Å². The highest BCUT2D eigenvalue weighted by molar-refractivity contribution is 7.16. The first-order chi connectivity index (χ1) is 15.1. The van der Waals surface area contributed by atoms with Gasteiger partial charge in [-0.25, -0.2) is 0 Å². The summed E-state index contributed by atoms with van der Waals surface area (Å²) in [6, 6.07) is 11.6. The van der Waals surface area contributed by atoms with E-state index in [0.717, 1.165) is 74.1 Å². The summed E-state index contributed by atoms with van der Waals surface area (Å²) in [5.74, 6) is 0.144. The Bertz CT molecular complexity index is 887. The van der Waals surface area contributed by atoms with Gasteiger partial charge in [0.2, 0.25) is 5.91 Å². The van der Waals surface area contributed by atoms with Crippen LogP contribution in [0.1, 0.15) is 33.6 Å². The van der Waals surface area contributed by atoms with Gasteiger partial charge in [0.25, 0.3) is 5.91 Å². The van der Waals surface area contributed by atoms with Crippen LogP contribution in [0, 0.1) is 0 Å². The predicted molar refractivity (Wildman–Crippen MR) is 124 cm³/mol. The molecule has 4 rings (SSSR count). The lowest BCUT2D eigenvalue weighted by Crippen LogP contribution is -2.48. The van der Waals surface area contributed by atoms with Gasteiger partial charge in [-0.05, 0) is 42.7 Å². The quantitative estimate of drug-likeness (QED) is 0.690. The van der Waals surface area contributed by atoms with E-state index >= 15 is 0 Å². The number of likely N-dealkylation sites (tertiary alicyclic amines) is 1. The summed E-state index contributed by atoms with van der Waals surface area (Å²) in [5.41, 5.74) is 1.73. The third-order valence-electron chi connectivity index (χ3n) is 5.92. The highest BCUT2D eigenvalue weighted by atomic mass is 35.5. The van der Waals surface area contributed by atoms with Crippen LogP contribution < -0.4 is 5.32 Å². The summed E-state index contributed by atoms with van der Waals surface area (Å²) in [5, 5.41) is 3.00. The van der Waals surface area contributed by atoms with Crippen molar-refractivity contribution in [2.45, 2.75) is 25.9 Å². The van der Waals surface area contributed by atoms with Gasteiger partial charge in [0.05, 0.1) is 10.9 Å². The van der Waals surface area contributed by atoms with Crippen molar-refractivity contribution in [3.05, 3.63) is 56.7 Å². The minimum absolute atomic E-state index is 0.0377. The molecule has 2 aliphatic rings. The van der Waals surface area contributed by atoms with Crippen LogP contribution in [-0.4, -0.2) is 72.3 Å². The van der Waals surface area contributed by atoms with E-state index in [1.54, 1.807) is 11.3 Å². The van der Waals surface area contributed by atoms with Crippen molar-refractivity contribution in [2.24, 2.45) is 0 Å². The van der Waals surface area contributed by atoms with Crippen LogP contribution in [0.3, 0.4) is 0 Å². The molecule has 1 N–H and O–H groups in total. The van der Waals surface area contributed by atoms with Gasteiger partial charge < -0.3 is 10.2 Å². The molecule has 166 valence electrons. The zero-order valence-electron chi connectivity index (χ0n) is 17.7. The topological polar surface area (TPSA) is 55.9 Å². The van der Waals surface area contributed by atoms with Gasteiger partial charge in [0.15, 0.2) is 0 Å². The van der Waals surface area contributed by atoms with E-state index in [1.165, 1.54) is 4.88 Å². The zero-order valence-corrected chi connectivity index (χ0v) is 19.3. The maximum Gasteiger partial charge on any atom is 0.253 e. The van der Waals surface area contributed by atoms with Crippen LogP contribution in [0.4, 0.5) is 0 Å². The van der Waals surface area contributed by atoms with Gasteiger partial charge in [0.1, 0.15) is 0 Å². The fraction of sp³-hybridized carbons (Fsp3) is 0.478. The van der Waals surface area contributed by atoms with Crippen LogP contribution in [0.25, 0.3) is 0 Å². The largest absolute Gasteiger partial charge is 0.351 e. The van der Waals surface area contributed by atoms with E-state index in [9.17, 15) is 9.59 Å². The number of benzene rings is 1. The van der Waals surface area contributed by atoms with Crippen molar-refractivity contribution in [2.75, 3.05) is 45.8 Å². The molecule has 0 bridgehead atoms. The number of carbonyl (C=O) groups is 2. The molecule has 2 fully saturated rings. The van der Waals surface area contributed by atoms with Crippen molar-refractivity contribution < 1.29 is 9.59 Å². The third kappa shape index (κ3) is 6.29. The predicted octanol–water partition coefficient (Wildman–Crippen LogP) is 3.07. The van der Waals surface area contributed by atoms with Gasteiger partial charge in [-0.2, -0.15) is 0 Å². The van der Waals surface area contributed by atoms with Crippen molar-refractivity contribution >= 4 is 34.8 Å². The third-order valence-corrected chi connectivity index (χ3v) is 7.14. The molecule has 3 heterocycles. The summed E-state index contributed by atoms with van der Waals surface area (Å²) >= 11 is 7.64. The number of nitrogens with one attached hydrogen (secondary N) is 1. The van der Waals surface area contributed by atoms with E-state index in [-0.39, 0.29) is 11.8 Å². The number of piperazine rings is 1. The summed E-state index contributed by atoms with van der Waals surface area (Å²) in [6.07, 6.45) is 2.18. The van der Waals surface area contributed by atoms with Crippen LogP contribution in [0.5, 0.6) is 0 Å². The van der Waals surface area contributed by atoms with Gasteiger partial charge in [-0.1, -0.05) is 23.7 Å². The van der Waals surface area contributed by atoms with Gasteiger partial charge >= 0.3 is 0 Å². The minimum atomic E-state index is 0.0377. The molecule has 0 atom stereocenters. The standard InChI is InChI=1S/C23H29ClN4O2S/c24-21-8-7-20(31-21)16-26-11-13-27(14-12-26)17-22(29)25-15-18-3-5-19(6-4-18)23(30)28-9-1-2-10-28/h3-8H,1-2,9-17H2,(H,25,29). The van der Waals surface area contributed by atoms with E-state index in [0.29, 0.717) is 13.1 Å². The van der Waals surface area contributed by atoms with Crippen LogP contribution in [0.2, 0.25) is 4.34 Å². The Morgan fingerprint density at radius 2 is 1.58 bits per heavy atom. The summed E-state index contributed by atoms with van der Waals surface area (Å²) in [7, 11) is 0. The Kier molecular flexibility index (Phi) is 7.61. The lowest BCUT2D eigenvalue weighted by molar-refractivity contribution is -0.122. The monoisotopic (exact) mass is 460 g/mol. The molecule has 0 spiro atoms. The first-order valence-corrected chi connectivity index (χ1v) is 12.1. The highest BCUT2D eigenvalue weighted by Crippen LogP contribution is 2.23. The zero-order chi connectivity index (χ0) is 21.6. The first-order valence-electron chi connectivity index (χ1n) is 10.9. The molecular formula is C23H29ClN4O2S. The second kappa shape index (κ2) is 10.6. The van der Waals surface area contributed by atoms with Gasteiger partial charge in [-0.3, -0.25) is 19.4 Å². The first kappa shape index (κ1) is 22.3. The molecular weight excluding hydrogens is 432 g/mol. The van der Waals surface area contributed by atoms with E-state index in [2.05, 4.69) is 21.2 Å². The molecule has 2 amide bonds. The van der Waals surface area contributed by atoms with E-state index in [1.807, 2.05) is 35.2 Å². The summed E-state index contributed by atoms with van der Waals surface area (Å²) in [4.78, 5) is 32.6. The number of halogens is 1. The second-order valence-corrected chi connectivity index (χ2v) is 10.0. The van der Waals surface area contributed by atoms with Crippen LogP contribution in [0.15, 0.2) is 36.4 Å². The number of thiophene rings is 1. The number of rotatable bonds is 7. The van der Waals surface area contributed by atoms with Gasteiger partial charge in [0, 0.05) is 62.8 Å². The highest BCUT2D eigenvalue weighted by Gasteiger charge is 2.20. The number of hydrogen-bond donors (Lipinski definition) is 1. The number of carbonyl (C=O) groups excluding carboxylic acids is 2.